The minimum Gasteiger partial charge on any atom is -0.324 e. The molecule has 0 aliphatic heterocycles. The Morgan fingerprint density at radius 2 is 1.89 bits per heavy atom. The van der Waals surface area contributed by atoms with Gasteiger partial charge in [0.25, 0.3) is 0 Å². The van der Waals surface area contributed by atoms with Crippen LogP contribution in [0.15, 0.2) is 0 Å². The topological polar surface area (TPSA) is 38.0 Å². The first-order chi connectivity index (χ1) is 8.66. The van der Waals surface area contributed by atoms with Crippen LogP contribution in [0.2, 0.25) is 0 Å². The van der Waals surface area contributed by atoms with Crippen molar-refractivity contribution in [3.8, 4) is 0 Å². The summed E-state index contributed by atoms with van der Waals surface area (Å²) in [5.74, 6) is 0.819. The second-order valence-electron chi connectivity index (χ2n) is 6.51. The third-order valence-electron chi connectivity index (χ3n) is 4.31. The lowest BCUT2D eigenvalue weighted by atomic mass is 9.77. The number of hydrogen-bond donors (Lipinski definition) is 2. The molecule has 2 heteroatoms. The second-order valence-corrected chi connectivity index (χ2v) is 6.51. The van der Waals surface area contributed by atoms with Crippen LogP contribution in [0.1, 0.15) is 78.1 Å². The molecule has 0 amide bonds. The molecule has 2 atom stereocenters. The lowest BCUT2D eigenvalue weighted by Crippen LogP contribution is -2.51. The maximum Gasteiger partial charge on any atom is 0.0283 e. The molecule has 108 valence electrons. The zero-order valence-corrected chi connectivity index (χ0v) is 12.6. The Kier molecular flexibility index (Phi) is 7.92. The van der Waals surface area contributed by atoms with Crippen molar-refractivity contribution in [3.05, 3.63) is 0 Å². The van der Waals surface area contributed by atoms with Crippen LogP contribution in [0.25, 0.3) is 0 Å². The van der Waals surface area contributed by atoms with Gasteiger partial charge in [0.1, 0.15) is 0 Å². The Bertz CT molecular complexity index is 205. The van der Waals surface area contributed by atoms with E-state index in [1.165, 1.54) is 64.2 Å². The van der Waals surface area contributed by atoms with Crippen molar-refractivity contribution < 1.29 is 0 Å². The summed E-state index contributed by atoms with van der Waals surface area (Å²) >= 11 is 0. The lowest BCUT2D eigenvalue weighted by molar-refractivity contribution is 0.229. The van der Waals surface area contributed by atoms with Crippen LogP contribution in [-0.2, 0) is 0 Å². The molecule has 0 bridgehead atoms. The van der Waals surface area contributed by atoms with Crippen LogP contribution in [0.3, 0.4) is 0 Å². The van der Waals surface area contributed by atoms with E-state index in [0.29, 0.717) is 0 Å². The van der Waals surface area contributed by atoms with Crippen LogP contribution in [0.5, 0.6) is 0 Å². The van der Waals surface area contributed by atoms with Crippen LogP contribution in [-0.4, -0.2) is 18.6 Å². The molecule has 0 aromatic rings. The average molecular weight is 254 g/mol. The molecule has 0 aromatic heterocycles. The zero-order chi connectivity index (χ0) is 13.3. The van der Waals surface area contributed by atoms with Gasteiger partial charge in [-0.05, 0) is 31.7 Å². The van der Waals surface area contributed by atoms with Crippen molar-refractivity contribution in [1.82, 2.24) is 5.32 Å². The summed E-state index contributed by atoms with van der Waals surface area (Å²) in [6, 6.07) is 0. The number of nitrogens with one attached hydrogen (secondary N) is 1. The van der Waals surface area contributed by atoms with E-state index in [0.717, 1.165) is 19.0 Å². The average Bonchev–Trinajstić information content (AvgIpc) is 2.32. The molecule has 1 rings (SSSR count). The Labute approximate surface area is 114 Å². The Morgan fingerprint density at radius 3 is 2.61 bits per heavy atom. The highest BCUT2D eigenvalue weighted by molar-refractivity contribution is 4.91. The van der Waals surface area contributed by atoms with Gasteiger partial charge >= 0.3 is 0 Å². The summed E-state index contributed by atoms with van der Waals surface area (Å²) in [6.07, 6.45) is 13.3. The molecule has 0 heterocycles. The summed E-state index contributed by atoms with van der Waals surface area (Å²) in [5, 5.41) is 3.58. The number of hydrogen-bond acceptors (Lipinski definition) is 2. The van der Waals surface area contributed by atoms with Crippen molar-refractivity contribution in [3.63, 3.8) is 0 Å². The standard InChI is InChI=1S/C16H34N2/c1-3-4-5-6-7-8-12-18-14-16(17)11-9-10-15(2)13-16/h15,18H,3-14,17H2,1-2H3. The van der Waals surface area contributed by atoms with Gasteiger partial charge in [-0.2, -0.15) is 0 Å². The molecule has 18 heavy (non-hydrogen) atoms. The summed E-state index contributed by atoms with van der Waals surface area (Å²) < 4.78 is 0. The third-order valence-corrected chi connectivity index (χ3v) is 4.31. The Morgan fingerprint density at radius 1 is 1.17 bits per heavy atom. The second kappa shape index (κ2) is 8.92. The molecular weight excluding hydrogens is 220 g/mol. The first-order valence-electron chi connectivity index (χ1n) is 8.16. The minimum absolute atomic E-state index is 0.0832. The highest BCUT2D eigenvalue weighted by Crippen LogP contribution is 2.29. The van der Waals surface area contributed by atoms with Crippen molar-refractivity contribution in [1.29, 1.82) is 0 Å². The van der Waals surface area contributed by atoms with Gasteiger partial charge in [-0.1, -0.05) is 58.8 Å². The van der Waals surface area contributed by atoms with Gasteiger partial charge in [-0.15, -0.1) is 0 Å². The van der Waals surface area contributed by atoms with Gasteiger partial charge in [0.15, 0.2) is 0 Å². The Balaban J connectivity index is 1.96. The van der Waals surface area contributed by atoms with E-state index < -0.39 is 0 Å². The van der Waals surface area contributed by atoms with Gasteiger partial charge in [-0.3, -0.25) is 0 Å². The fraction of sp³-hybridized carbons (Fsp3) is 1.00. The van der Waals surface area contributed by atoms with E-state index in [-0.39, 0.29) is 5.54 Å². The van der Waals surface area contributed by atoms with E-state index in [9.17, 15) is 0 Å². The third kappa shape index (κ3) is 6.75. The predicted molar refractivity (Wildman–Crippen MR) is 80.8 cm³/mol. The van der Waals surface area contributed by atoms with Crippen molar-refractivity contribution in [2.45, 2.75) is 83.6 Å². The molecule has 1 aliphatic carbocycles. The molecule has 0 radical (unpaired) electrons. The molecule has 1 fully saturated rings. The number of nitrogens with two attached hydrogens (primary N) is 1. The monoisotopic (exact) mass is 254 g/mol. The molecule has 1 saturated carbocycles. The maximum atomic E-state index is 6.47. The lowest BCUT2D eigenvalue weighted by Gasteiger charge is -2.37. The van der Waals surface area contributed by atoms with Gasteiger partial charge < -0.3 is 11.1 Å². The van der Waals surface area contributed by atoms with E-state index in [1.54, 1.807) is 0 Å². The SMILES string of the molecule is CCCCCCCCNCC1(N)CCCC(C)C1. The zero-order valence-electron chi connectivity index (χ0n) is 12.6. The highest BCUT2D eigenvalue weighted by Gasteiger charge is 2.30. The predicted octanol–water partition coefficient (Wildman–Crippen LogP) is 3.84. The van der Waals surface area contributed by atoms with Gasteiger partial charge in [-0.25, -0.2) is 0 Å². The van der Waals surface area contributed by atoms with Crippen LogP contribution in [0, 0.1) is 5.92 Å². The van der Waals surface area contributed by atoms with E-state index in [4.69, 9.17) is 5.73 Å². The summed E-state index contributed by atoms with van der Waals surface area (Å²) in [5.41, 5.74) is 6.55. The highest BCUT2D eigenvalue weighted by atomic mass is 14.9. The molecule has 3 N–H and O–H groups in total. The van der Waals surface area contributed by atoms with Gasteiger partial charge in [0, 0.05) is 12.1 Å². The van der Waals surface area contributed by atoms with Gasteiger partial charge in [0.2, 0.25) is 0 Å². The Hall–Kier alpha value is -0.0800. The normalized spacial score (nSPS) is 28.5. The minimum atomic E-state index is 0.0832. The largest absolute Gasteiger partial charge is 0.324 e. The molecular formula is C16H34N2. The summed E-state index contributed by atoms with van der Waals surface area (Å²) in [7, 11) is 0. The van der Waals surface area contributed by atoms with Gasteiger partial charge in [0.05, 0.1) is 0 Å². The van der Waals surface area contributed by atoms with E-state index in [2.05, 4.69) is 19.2 Å². The first-order valence-corrected chi connectivity index (χ1v) is 8.16. The fourth-order valence-corrected chi connectivity index (χ4v) is 3.23. The quantitative estimate of drug-likeness (QED) is 0.613. The van der Waals surface area contributed by atoms with Crippen molar-refractivity contribution in [2.75, 3.05) is 13.1 Å². The summed E-state index contributed by atoms with van der Waals surface area (Å²) in [6.45, 7) is 6.79. The number of rotatable bonds is 9. The molecule has 0 aromatic carbocycles. The van der Waals surface area contributed by atoms with E-state index in [1.807, 2.05) is 0 Å². The van der Waals surface area contributed by atoms with Crippen LogP contribution >= 0.6 is 0 Å². The maximum absolute atomic E-state index is 6.47. The fourth-order valence-electron chi connectivity index (χ4n) is 3.23. The molecule has 2 nitrogen and oxygen atoms in total. The molecule has 1 aliphatic rings. The molecule has 0 spiro atoms. The van der Waals surface area contributed by atoms with E-state index >= 15 is 0 Å². The first kappa shape index (κ1) is 16.0. The number of unbranched alkanes of at least 4 members (excludes halogenated alkanes) is 5. The van der Waals surface area contributed by atoms with Crippen LogP contribution < -0.4 is 11.1 Å². The molecule has 0 saturated heterocycles. The van der Waals surface area contributed by atoms with Crippen molar-refractivity contribution in [2.24, 2.45) is 11.7 Å². The summed E-state index contributed by atoms with van der Waals surface area (Å²) in [4.78, 5) is 0. The van der Waals surface area contributed by atoms with Crippen molar-refractivity contribution >= 4 is 0 Å². The smallest absolute Gasteiger partial charge is 0.0283 e. The van der Waals surface area contributed by atoms with Crippen LogP contribution in [0.4, 0.5) is 0 Å². The molecule has 2 unspecified atom stereocenters.